The van der Waals surface area contributed by atoms with Crippen LogP contribution >= 0.6 is 0 Å². The first-order chi connectivity index (χ1) is 6.81. The molecular formula is C8H11N5O. The van der Waals surface area contributed by atoms with Crippen LogP contribution in [0.3, 0.4) is 0 Å². The van der Waals surface area contributed by atoms with Gasteiger partial charge in [-0.15, -0.1) is 0 Å². The Bertz CT molecular complexity index is 419. The molecule has 0 spiro atoms. The van der Waals surface area contributed by atoms with Crippen LogP contribution in [0.15, 0.2) is 16.8 Å². The van der Waals surface area contributed by atoms with E-state index in [1.807, 2.05) is 20.2 Å². The fourth-order valence-electron chi connectivity index (χ4n) is 1.17. The van der Waals surface area contributed by atoms with Crippen molar-refractivity contribution in [3.63, 3.8) is 0 Å². The van der Waals surface area contributed by atoms with Gasteiger partial charge in [0.25, 0.3) is 5.89 Å². The van der Waals surface area contributed by atoms with Gasteiger partial charge in [0.2, 0.25) is 0 Å². The van der Waals surface area contributed by atoms with Gasteiger partial charge in [0.15, 0.2) is 5.82 Å². The fraction of sp³-hybridized carbons (Fsp3) is 0.375. The Kier molecular flexibility index (Phi) is 2.28. The number of hydrogen-bond donors (Lipinski definition) is 1. The van der Waals surface area contributed by atoms with E-state index in [1.54, 1.807) is 10.9 Å². The molecule has 0 aliphatic rings. The summed E-state index contributed by atoms with van der Waals surface area (Å²) in [6.45, 7) is 0.599. The lowest BCUT2D eigenvalue weighted by Gasteiger charge is -1.92. The molecule has 14 heavy (non-hydrogen) atoms. The molecule has 0 atom stereocenters. The number of hydrogen-bond acceptors (Lipinski definition) is 5. The average molecular weight is 193 g/mol. The number of aryl methyl sites for hydroxylation is 1. The molecule has 2 heterocycles. The molecular weight excluding hydrogens is 182 g/mol. The first-order valence-electron chi connectivity index (χ1n) is 4.27. The minimum absolute atomic E-state index is 0.496. The number of nitrogens with one attached hydrogen (secondary N) is 1. The molecule has 74 valence electrons. The molecule has 0 amide bonds. The highest BCUT2D eigenvalue weighted by molar-refractivity contribution is 5.45. The van der Waals surface area contributed by atoms with Crippen LogP contribution in [0.2, 0.25) is 0 Å². The van der Waals surface area contributed by atoms with Gasteiger partial charge in [0.1, 0.15) is 5.69 Å². The van der Waals surface area contributed by atoms with Gasteiger partial charge in [-0.3, -0.25) is 4.68 Å². The van der Waals surface area contributed by atoms with Gasteiger partial charge in [-0.05, 0) is 13.1 Å². The van der Waals surface area contributed by atoms with E-state index >= 15 is 0 Å². The highest BCUT2D eigenvalue weighted by Gasteiger charge is 2.10. The summed E-state index contributed by atoms with van der Waals surface area (Å²) >= 11 is 0. The molecule has 2 aromatic heterocycles. The summed E-state index contributed by atoms with van der Waals surface area (Å²) in [5.74, 6) is 1.14. The Morgan fingerprint density at radius 2 is 2.43 bits per heavy atom. The van der Waals surface area contributed by atoms with Gasteiger partial charge >= 0.3 is 0 Å². The Morgan fingerprint density at radius 1 is 1.57 bits per heavy atom. The average Bonchev–Trinajstić information content (AvgIpc) is 2.74. The van der Waals surface area contributed by atoms with E-state index in [9.17, 15) is 0 Å². The summed E-state index contributed by atoms with van der Waals surface area (Å²) in [6, 6.07) is 1.83. The number of rotatable bonds is 3. The van der Waals surface area contributed by atoms with E-state index in [0.29, 0.717) is 18.3 Å². The maximum Gasteiger partial charge on any atom is 0.276 e. The molecule has 0 saturated heterocycles. The minimum atomic E-state index is 0.496. The van der Waals surface area contributed by atoms with Crippen molar-refractivity contribution in [3.8, 4) is 11.6 Å². The second kappa shape index (κ2) is 3.59. The van der Waals surface area contributed by atoms with E-state index in [0.717, 1.165) is 5.69 Å². The van der Waals surface area contributed by atoms with Crippen LogP contribution in [-0.2, 0) is 13.6 Å². The second-order valence-electron chi connectivity index (χ2n) is 2.89. The third-order valence-electron chi connectivity index (χ3n) is 1.84. The van der Waals surface area contributed by atoms with Crippen LogP contribution in [0, 0.1) is 0 Å². The van der Waals surface area contributed by atoms with Crippen LogP contribution in [0.5, 0.6) is 0 Å². The van der Waals surface area contributed by atoms with E-state index in [2.05, 4.69) is 20.6 Å². The van der Waals surface area contributed by atoms with Crippen molar-refractivity contribution < 1.29 is 4.52 Å². The first-order valence-corrected chi connectivity index (χ1v) is 4.27. The van der Waals surface area contributed by atoms with Gasteiger partial charge in [-0.1, -0.05) is 5.16 Å². The van der Waals surface area contributed by atoms with Crippen LogP contribution in [0.25, 0.3) is 11.6 Å². The molecule has 0 aliphatic heterocycles. The highest BCUT2D eigenvalue weighted by atomic mass is 16.5. The summed E-state index contributed by atoms with van der Waals surface area (Å²) in [6.07, 6.45) is 1.69. The maximum absolute atomic E-state index is 5.08. The summed E-state index contributed by atoms with van der Waals surface area (Å²) in [5, 5.41) is 10.8. The summed E-state index contributed by atoms with van der Waals surface area (Å²) in [4.78, 5) is 4.20. The summed E-state index contributed by atoms with van der Waals surface area (Å²) in [5.41, 5.74) is 0.819. The van der Waals surface area contributed by atoms with Crippen LogP contribution in [0.1, 0.15) is 5.82 Å². The monoisotopic (exact) mass is 193 g/mol. The standard InChI is InChI=1S/C8H11N5O/c1-9-5-7-11-8(14-12-7)6-3-4-10-13(6)2/h3-4,9H,5H2,1-2H3. The van der Waals surface area contributed by atoms with Crippen molar-refractivity contribution in [2.24, 2.45) is 7.05 Å². The van der Waals surface area contributed by atoms with Crippen molar-refractivity contribution in [1.29, 1.82) is 0 Å². The summed E-state index contributed by atoms with van der Waals surface area (Å²) < 4.78 is 6.77. The van der Waals surface area contributed by atoms with Crippen molar-refractivity contribution >= 4 is 0 Å². The molecule has 0 fully saturated rings. The van der Waals surface area contributed by atoms with Crippen molar-refractivity contribution in [2.45, 2.75) is 6.54 Å². The Labute approximate surface area is 80.9 Å². The minimum Gasteiger partial charge on any atom is -0.332 e. The molecule has 0 unspecified atom stereocenters. The quantitative estimate of drug-likeness (QED) is 0.753. The Balaban J connectivity index is 2.29. The molecule has 6 heteroatoms. The van der Waals surface area contributed by atoms with Gasteiger partial charge in [-0.25, -0.2) is 0 Å². The summed E-state index contributed by atoms with van der Waals surface area (Å²) in [7, 11) is 3.66. The molecule has 0 bridgehead atoms. The van der Waals surface area contributed by atoms with Gasteiger partial charge in [0.05, 0.1) is 6.54 Å². The fourth-order valence-corrected chi connectivity index (χ4v) is 1.17. The molecule has 2 aromatic rings. The molecule has 6 nitrogen and oxygen atoms in total. The third-order valence-corrected chi connectivity index (χ3v) is 1.84. The van der Waals surface area contributed by atoms with Crippen molar-refractivity contribution in [3.05, 3.63) is 18.1 Å². The molecule has 0 aliphatic carbocycles. The highest BCUT2D eigenvalue weighted by Crippen LogP contribution is 2.14. The zero-order valence-electron chi connectivity index (χ0n) is 8.06. The predicted octanol–water partition coefficient (Wildman–Crippen LogP) is 0.189. The van der Waals surface area contributed by atoms with Crippen molar-refractivity contribution in [2.75, 3.05) is 7.05 Å². The van der Waals surface area contributed by atoms with E-state index in [4.69, 9.17) is 4.52 Å². The Hall–Kier alpha value is -1.69. The zero-order valence-corrected chi connectivity index (χ0v) is 8.06. The smallest absolute Gasteiger partial charge is 0.276 e. The lowest BCUT2D eigenvalue weighted by Crippen LogP contribution is -2.06. The van der Waals surface area contributed by atoms with E-state index < -0.39 is 0 Å². The van der Waals surface area contributed by atoms with Crippen molar-refractivity contribution in [1.82, 2.24) is 25.2 Å². The van der Waals surface area contributed by atoms with E-state index in [1.165, 1.54) is 0 Å². The largest absolute Gasteiger partial charge is 0.332 e. The van der Waals surface area contributed by atoms with Gasteiger partial charge in [0, 0.05) is 13.2 Å². The van der Waals surface area contributed by atoms with E-state index in [-0.39, 0.29) is 0 Å². The first kappa shape index (κ1) is 8.89. The lowest BCUT2D eigenvalue weighted by molar-refractivity contribution is 0.417. The maximum atomic E-state index is 5.08. The Morgan fingerprint density at radius 3 is 3.07 bits per heavy atom. The predicted molar refractivity (Wildman–Crippen MR) is 49.3 cm³/mol. The molecule has 0 aromatic carbocycles. The molecule has 1 N–H and O–H groups in total. The topological polar surface area (TPSA) is 68.8 Å². The van der Waals surface area contributed by atoms with Crippen LogP contribution in [-0.4, -0.2) is 27.0 Å². The lowest BCUT2D eigenvalue weighted by atomic mass is 10.4. The second-order valence-corrected chi connectivity index (χ2v) is 2.89. The zero-order chi connectivity index (χ0) is 9.97. The number of aromatic nitrogens is 4. The molecule has 2 rings (SSSR count). The van der Waals surface area contributed by atoms with Crippen LogP contribution in [0.4, 0.5) is 0 Å². The van der Waals surface area contributed by atoms with Crippen LogP contribution < -0.4 is 5.32 Å². The van der Waals surface area contributed by atoms with Gasteiger partial charge < -0.3 is 9.84 Å². The SMILES string of the molecule is CNCc1noc(-c2ccnn2C)n1. The molecule has 0 saturated carbocycles. The normalized spacial score (nSPS) is 10.7. The third kappa shape index (κ3) is 1.51. The molecule has 0 radical (unpaired) electrons. The van der Waals surface area contributed by atoms with Gasteiger partial charge in [-0.2, -0.15) is 10.1 Å². The number of nitrogens with zero attached hydrogens (tertiary/aromatic N) is 4.